The first-order chi connectivity index (χ1) is 11.0. The topological polar surface area (TPSA) is 79.6 Å². The van der Waals surface area contributed by atoms with Crippen molar-refractivity contribution in [3.05, 3.63) is 68.7 Å². The molecule has 0 bridgehead atoms. The highest BCUT2D eigenvalue weighted by molar-refractivity contribution is 7.80. The van der Waals surface area contributed by atoms with E-state index in [1.54, 1.807) is 18.2 Å². The Bertz CT molecular complexity index is 763. The molecule has 2 aromatic carbocycles. The Labute approximate surface area is 143 Å². The van der Waals surface area contributed by atoms with Crippen LogP contribution in [0.3, 0.4) is 0 Å². The fraction of sp³-hybridized carbons (Fsp3) is 0.0667. The van der Waals surface area contributed by atoms with Gasteiger partial charge in [0.05, 0.1) is 11.1 Å². The Morgan fingerprint density at radius 1 is 1.30 bits per heavy atom. The molecule has 0 atom stereocenters. The second-order valence-corrected chi connectivity index (χ2v) is 5.40. The number of halogens is 1. The molecule has 0 aliphatic heterocycles. The predicted octanol–water partition coefficient (Wildman–Crippen LogP) is 3.88. The smallest absolute Gasteiger partial charge is 0.269 e. The highest BCUT2D eigenvalue weighted by Crippen LogP contribution is 2.22. The summed E-state index contributed by atoms with van der Waals surface area (Å²) in [7, 11) is 0. The first kappa shape index (κ1) is 16.9. The number of nitrogens with one attached hydrogen (secondary N) is 2. The maximum atomic E-state index is 10.6. The summed E-state index contributed by atoms with van der Waals surface area (Å²) in [5.41, 5.74) is 5.10. The van der Waals surface area contributed by atoms with Gasteiger partial charge in [0.1, 0.15) is 0 Å². The van der Waals surface area contributed by atoms with E-state index in [9.17, 15) is 10.1 Å². The summed E-state index contributed by atoms with van der Waals surface area (Å²) in [4.78, 5) is 10.1. The molecule has 23 heavy (non-hydrogen) atoms. The van der Waals surface area contributed by atoms with Crippen molar-refractivity contribution >= 4 is 46.5 Å². The SMILES string of the molecule is Cc1c(Cl)cccc1NC(=S)N/N=C\c1ccc([N+](=O)[O-])cc1. The van der Waals surface area contributed by atoms with Gasteiger partial charge in [0.25, 0.3) is 5.69 Å². The molecule has 2 rings (SSSR count). The molecule has 0 heterocycles. The van der Waals surface area contributed by atoms with Gasteiger partial charge in [0.15, 0.2) is 5.11 Å². The number of rotatable bonds is 4. The van der Waals surface area contributed by atoms with E-state index in [0.29, 0.717) is 15.7 Å². The van der Waals surface area contributed by atoms with E-state index in [0.717, 1.165) is 11.3 Å². The summed E-state index contributed by atoms with van der Waals surface area (Å²) >= 11 is 11.2. The van der Waals surface area contributed by atoms with Crippen LogP contribution in [0.1, 0.15) is 11.1 Å². The molecule has 0 aliphatic carbocycles. The maximum absolute atomic E-state index is 10.6. The summed E-state index contributed by atoms with van der Waals surface area (Å²) < 4.78 is 0. The monoisotopic (exact) mass is 348 g/mol. The van der Waals surface area contributed by atoms with Gasteiger partial charge in [-0.25, -0.2) is 0 Å². The quantitative estimate of drug-likeness (QED) is 0.379. The molecule has 0 aromatic heterocycles. The van der Waals surface area contributed by atoms with Gasteiger partial charge in [-0.1, -0.05) is 17.7 Å². The first-order valence-corrected chi connectivity index (χ1v) is 7.35. The second-order valence-electron chi connectivity index (χ2n) is 4.59. The maximum Gasteiger partial charge on any atom is 0.269 e. The highest BCUT2D eigenvalue weighted by atomic mass is 35.5. The molecule has 8 heteroatoms. The number of thiocarbonyl (C=S) groups is 1. The van der Waals surface area contributed by atoms with Crippen molar-refractivity contribution < 1.29 is 4.92 Å². The van der Waals surface area contributed by atoms with Crippen molar-refractivity contribution in [2.45, 2.75) is 6.92 Å². The van der Waals surface area contributed by atoms with E-state index in [2.05, 4.69) is 15.8 Å². The van der Waals surface area contributed by atoms with Crippen LogP contribution in [0, 0.1) is 17.0 Å². The van der Waals surface area contributed by atoms with Crippen molar-refractivity contribution in [3.63, 3.8) is 0 Å². The van der Waals surface area contributed by atoms with E-state index in [-0.39, 0.29) is 5.69 Å². The minimum absolute atomic E-state index is 0.0312. The average molecular weight is 349 g/mol. The van der Waals surface area contributed by atoms with Crippen LogP contribution >= 0.6 is 23.8 Å². The molecule has 0 amide bonds. The number of non-ortho nitro benzene ring substituents is 1. The van der Waals surface area contributed by atoms with E-state index >= 15 is 0 Å². The summed E-state index contributed by atoms with van der Waals surface area (Å²) in [5.74, 6) is 0. The Morgan fingerprint density at radius 2 is 2.00 bits per heavy atom. The third kappa shape index (κ3) is 4.73. The summed E-state index contributed by atoms with van der Waals surface area (Å²) in [6, 6.07) is 11.5. The lowest BCUT2D eigenvalue weighted by atomic mass is 10.2. The molecular weight excluding hydrogens is 336 g/mol. The Kier molecular flexibility index (Phi) is 5.61. The number of benzene rings is 2. The van der Waals surface area contributed by atoms with Crippen molar-refractivity contribution in [2.75, 3.05) is 5.32 Å². The van der Waals surface area contributed by atoms with Crippen LogP contribution in [0.2, 0.25) is 5.02 Å². The van der Waals surface area contributed by atoms with Crippen LogP contribution < -0.4 is 10.7 Å². The van der Waals surface area contributed by atoms with Gasteiger partial charge < -0.3 is 5.32 Å². The number of hydrogen-bond acceptors (Lipinski definition) is 4. The molecule has 0 fully saturated rings. The molecule has 0 saturated carbocycles. The van der Waals surface area contributed by atoms with Crippen molar-refractivity contribution in [1.29, 1.82) is 0 Å². The Balaban J connectivity index is 1.93. The zero-order chi connectivity index (χ0) is 16.8. The van der Waals surface area contributed by atoms with E-state index in [1.807, 2.05) is 19.1 Å². The third-order valence-corrected chi connectivity index (χ3v) is 3.60. The molecule has 2 N–H and O–H groups in total. The van der Waals surface area contributed by atoms with Crippen LogP contribution in [-0.4, -0.2) is 16.3 Å². The van der Waals surface area contributed by atoms with Gasteiger partial charge in [-0.3, -0.25) is 15.5 Å². The van der Waals surface area contributed by atoms with Crippen LogP contribution in [0.15, 0.2) is 47.6 Å². The lowest BCUT2D eigenvalue weighted by Crippen LogP contribution is -2.24. The van der Waals surface area contributed by atoms with Crippen LogP contribution in [0.25, 0.3) is 0 Å². The van der Waals surface area contributed by atoms with Gasteiger partial charge in [-0.15, -0.1) is 0 Å². The molecule has 0 unspecified atom stereocenters. The van der Waals surface area contributed by atoms with Crippen LogP contribution in [0.4, 0.5) is 11.4 Å². The van der Waals surface area contributed by atoms with Crippen LogP contribution in [-0.2, 0) is 0 Å². The summed E-state index contributed by atoms with van der Waals surface area (Å²) in [6.45, 7) is 1.88. The van der Waals surface area contributed by atoms with Crippen molar-refractivity contribution in [3.8, 4) is 0 Å². The van der Waals surface area contributed by atoms with E-state index < -0.39 is 4.92 Å². The van der Waals surface area contributed by atoms with Crippen molar-refractivity contribution in [2.24, 2.45) is 5.10 Å². The lowest BCUT2D eigenvalue weighted by Gasteiger charge is -2.10. The molecule has 0 radical (unpaired) electrons. The van der Waals surface area contributed by atoms with Gasteiger partial charge in [-0.05, 0) is 54.5 Å². The lowest BCUT2D eigenvalue weighted by molar-refractivity contribution is -0.384. The van der Waals surface area contributed by atoms with Gasteiger partial charge in [0, 0.05) is 22.8 Å². The van der Waals surface area contributed by atoms with Gasteiger partial charge in [0.2, 0.25) is 0 Å². The highest BCUT2D eigenvalue weighted by Gasteiger charge is 2.04. The van der Waals surface area contributed by atoms with Crippen molar-refractivity contribution in [1.82, 2.24) is 5.43 Å². The minimum Gasteiger partial charge on any atom is -0.331 e. The molecule has 0 saturated heterocycles. The fourth-order valence-corrected chi connectivity index (χ4v) is 2.08. The zero-order valence-electron chi connectivity index (χ0n) is 12.1. The molecule has 118 valence electrons. The fourth-order valence-electron chi connectivity index (χ4n) is 1.74. The molecule has 2 aromatic rings. The normalized spacial score (nSPS) is 10.5. The first-order valence-electron chi connectivity index (χ1n) is 6.57. The largest absolute Gasteiger partial charge is 0.331 e. The standard InChI is InChI=1S/C15H13ClN4O2S/c1-10-13(16)3-2-4-14(10)18-15(23)19-17-9-11-5-7-12(8-6-11)20(21)22/h2-9H,1H3,(H2,18,19,23)/b17-9-. The molecule has 0 aliphatic rings. The number of nitrogens with zero attached hydrogens (tertiary/aromatic N) is 2. The Hall–Kier alpha value is -2.51. The number of nitro benzene ring substituents is 1. The van der Waals surface area contributed by atoms with Gasteiger partial charge >= 0.3 is 0 Å². The number of hydrogen-bond donors (Lipinski definition) is 2. The van der Waals surface area contributed by atoms with E-state index in [1.165, 1.54) is 18.3 Å². The van der Waals surface area contributed by atoms with E-state index in [4.69, 9.17) is 23.8 Å². The molecule has 6 nitrogen and oxygen atoms in total. The van der Waals surface area contributed by atoms with Crippen LogP contribution in [0.5, 0.6) is 0 Å². The summed E-state index contributed by atoms with van der Waals surface area (Å²) in [6.07, 6.45) is 1.52. The third-order valence-electron chi connectivity index (χ3n) is 3.00. The number of anilines is 1. The van der Waals surface area contributed by atoms with Gasteiger partial charge in [-0.2, -0.15) is 5.10 Å². The minimum atomic E-state index is -0.453. The average Bonchev–Trinajstić information content (AvgIpc) is 2.52. The predicted molar refractivity (Wildman–Crippen MR) is 96.2 cm³/mol. The number of hydrazone groups is 1. The second kappa shape index (κ2) is 7.66. The zero-order valence-corrected chi connectivity index (χ0v) is 13.7. The molecular formula is C15H13ClN4O2S. The molecule has 0 spiro atoms. The Morgan fingerprint density at radius 3 is 2.65 bits per heavy atom. The summed E-state index contributed by atoms with van der Waals surface area (Å²) in [5, 5.41) is 18.5. The number of nitro groups is 1.